The monoisotopic (exact) mass is 257 g/mol. The second kappa shape index (κ2) is 5.85. The van der Waals surface area contributed by atoms with E-state index < -0.39 is 0 Å². The van der Waals surface area contributed by atoms with Crippen LogP contribution in [0.5, 0.6) is 0 Å². The molecule has 4 nitrogen and oxygen atoms in total. The molecule has 2 rings (SSSR count). The van der Waals surface area contributed by atoms with Gasteiger partial charge in [0.05, 0.1) is 11.6 Å². The molecule has 0 saturated heterocycles. The van der Waals surface area contributed by atoms with Crippen LogP contribution in [-0.4, -0.2) is 11.4 Å². The molecule has 1 aromatic rings. The van der Waals surface area contributed by atoms with Crippen LogP contribution < -0.4 is 11.1 Å². The van der Waals surface area contributed by atoms with Gasteiger partial charge >= 0.3 is 0 Å². The van der Waals surface area contributed by atoms with Crippen LogP contribution in [0, 0.1) is 11.3 Å². The number of anilines is 1. The zero-order valence-electron chi connectivity index (χ0n) is 11.0. The van der Waals surface area contributed by atoms with Crippen LogP contribution >= 0.6 is 0 Å². The predicted molar refractivity (Wildman–Crippen MR) is 74.4 cm³/mol. The zero-order valence-corrected chi connectivity index (χ0v) is 11.0. The highest BCUT2D eigenvalue weighted by atomic mass is 16.1. The standard InChI is InChI=1S/C15H19N3O/c16-11-12-5-4-6-13(9-12)18-14(19)10-15(17)7-2-1-3-8-15/h4-6,9H,1-3,7-8,10,17H2,(H,18,19). The highest BCUT2D eigenvalue weighted by Crippen LogP contribution is 2.28. The number of nitriles is 1. The van der Waals surface area contributed by atoms with Crippen molar-refractivity contribution >= 4 is 11.6 Å². The highest BCUT2D eigenvalue weighted by molar-refractivity contribution is 5.91. The first-order valence-corrected chi connectivity index (χ1v) is 6.70. The molecule has 1 aromatic carbocycles. The summed E-state index contributed by atoms with van der Waals surface area (Å²) in [5, 5.41) is 11.6. The van der Waals surface area contributed by atoms with Gasteiger partial charge in [-0.1, -0.05) is 25.3 Å². The first-order valence-electron chi connectivity index (χ1n) is 6.70. The third kappa shape index (κ3) is 3.80. The molecular weight excluding hydrogens is 238 g/mol. The van der Waals surface area contributed by atoms with Crippen LogP contribution in [0.1, 0.15) is 44.1 Å². The lowest BCUT2D eigenvalue weighted by Gasteiger charge is -2.32. The predicted octanol–water partition coefficient (Wildman–Crippen LogP) is 2.55. The lowest BCUT2D eigenvalue weighted by molar-refractivity contribution is -0.117. The zero-order chi connectivity index (χ0) is 13.7. The number of amides is 1. The number of hydrogen-bond acceptors (Lipinski definition) is 3. The summed E-state index contributed by atoms with van der Waals surface area (Å²) in [6.45, 7) is 0. The van der Waals surface area contributed by atoms with Crippen LogP contribution in [0.4, 0.5) is 5.69 Å². The highest BCUT2D eigenvalue weighted by Gasteiger charge is 2.29. The Morgan fingerprint density at radius 2 is 2.11 bits per heavy atom. The molecular formula is C15H19N3O. The molecule has 0 spiro atoms. The Morgan fingerprint density at radius 3 is 2.79 bits per heavy atom. The summed E-state index contributed by atoms with van der Waals surface area (Å²) >= 11 is 0. The van der Waals surface area contributed by atoms with Gasteiger partial charge in [0.25, 0.3) is 0 Å². The van der Waals surface area contributed by atoms with Crippen LogP contribution in [0.15, 0.2) is 24.3 Å². The molecule has 1 aliphatic rings. The molecule has 0 atom stereocenters. The minimum absolute atomic E-state index is 0.0699. The van der Waals surface area contributed by atoms with Crippen molar-refractivity contribution in [3.8, 4) is 6.07 Å². The third-order valence-electron chi connectivity index (χ3n) is 3.64. The smallest absolute Gasteiger partial charge is 0.226 e. The van der Waals surface area contributed by atoms with Gasteiger partial charge in [-0.15, -0.1) is 0 Å². The van der Waals surface area contributed by atoms with E-state index in [4.69, 9.17) is 11.0 Å². The van der Waals surface area contributed by atoms with Gasteiger partial charge in [0.2, 0.25) is 5.91 Å². The van der Waals surface area contributed by atoms with Crippen molar-refractivity contribution in [1.82, 2.24) is 0 Å². The van der Waals surface area contributed by atoms with E-state index >= 15 is 0 Å². The van der Waals surface area contributed by atoms with E-state index in [0.717, 1.165) is 25.7 Å². The third-order valence-corrected chi connectivity index (χ3v) is 3.64. The Labute approximate surface area is 113 Å². The van der Waals surface area contributed by atoms with Gasteiger partial charge in [-0.05, 0) is 31.0 Å². The van der Waals surface area contributed by atoms with E-state index in [-0.39, 0.29) is 11.4 Å². The second-order valence-corrected chi connectivity index (χ2v) is 5.34. The summed E-state index contributed by atoms with van der Waals surface area (Å²) in [5.41, 5.74) is 7.10. The maximum Gasteiger partial charge on any atom is 0.226 e. The second-order valence-electron chi connectivity index (χ2n) is 5.34. The molecule has 19 heavy (non-hydrogen) atoms. The van der Waals surface area contributed by atoms with Crippen LogP contribution in [0.2, 0.25) is 0 Å². The molecule has 0 aromatic heterocycles. The van der Waals surface area contributed by atoms with Crippen molar-refractivity contribution < 1.29 is 4.79 Å². The van der Waals surface area contributed by atoms with Gasteiger partial charge in [0, 0.05) is 17.6 Å². The summed E-state index contributed by atoms with van der Waals surface area (Å²) in [4.78, 5) is 12.0. The first kappa shape index (κ1) is 13.6. The van der Waals surface area contributed by atoms with Crippen molar-refractivity contribution in [3.05, 3.63) is 29.8 Å². The largest absolute Gasteiger partial charge is 0.326 e. The maximum atomic E-state index is 12.0. The number of hydrogen-bond donors (Lipinski definition) is 2. The fraction of sp³-hybridized carbons (Fsp3) is 0.467. The molecule has 1 amide bonds. The lowest BCUT2D eigenvalue weighted by atomic mass is 9.80. The van der Waals surface area contributed by atoms with Crippen LogP contribution in [0.25, 0.3) is 0 Å². The Hall–Kier alpha value is -1.86. The summed E-state index contributed by atoms with van der Waals surface area (Å²) in [7, 11) is 0. The van der Waals surface area contributed by atoms with E-state index in [1.807, 2.05) is 0 Å². The minimum Gasteiger partial charge on any atom is -0.326 e. The Kier molecular flexibility index (Phi) is 4.18. The van der Waals surface area contributed by atoms with Gasteiger partial charge in [0.15, 0.2) is 0 Å². The summed E-state index contributed by atoms with van der Waals surface area (Å²) < 4.78 is 0. The molecule has 0 aliphatic heterocycles. The number of carbonyl (C=O) groups excluding carboxylic acids is 1. The molecule has 0 heterocycles. The molecule has 1 fully saturated rings. The number of carbonyl (C=O) groups is 1. The summed E-state index contributed by atoms with van der Waals surface area (Å²) in [6, 6.07) is 8.97. The van der Waals surface area contributed by atoms with Crippen molar-refractivity contribution in [3.63, 3.8) is 0 Å². The fourth-order valence-corrected chi connectivity index (χ4v) is 2.62. The molecule has 0 bridgehead atoms. The minimum atomic E-state index is -0.352. The number of rotatable bonds is 3. The van der Waals surface area contributed by atoms with Gasteiger partial charge in [-0.3, -0.25) is 4.79 Å². The summed E-state index contributed by atoms with van der Waals surface area (Å²) in [6.07, 6.45) is 5.60. The number of nitrogens with zero attached hydrogens (tertiary/aromatic N) is 1. The number of nitrogens with one attached hydrogen (secondary N) is 1. The summed E-state index contributed by atoms with van der Waals surface area (Å²) in [5.74, 6) is -0.0699. The number of benzene rings is 1. The molecule has 4 heteroatoms. The lowest BCUT2D eigenvalue weighted by Crippen LogP contribution is -2.44. The van der Waals surface area contributed by atoms with E-state index in [9.17, 15) is 4.79 Å². The maximum absolute atomic E-state index is 12.0. The first-order chi connectivity index (χ1) is 9.11. The van der Waals surface area contributed by atoms with Crippen molar-refractivity contribution in [1.29, 1.82) is 5.26 Å². The number of nitrogens with two attached hydrogens (primary N) is 1. The van der Waals surface area contributed by atoms with Gasteiger partial charge in [0.1, 0.15) is 0 Å². The topological polar surface area (TPSA) is 78.9 Å². The molecule has 1 saturated carbocycles. The molecule has 1 aliphatic carbocycles. The van der Waals surface area contributed by atoms with Crippen molar-refractivity contribution in [2.45, 2.75) is 44.1 Å². The van der Waals surface area contributed by atoms with Gasteiger partial charge in [-0.25, -0.2) is 0 Å². The fourth-order valence-electron chi connectivity index (χ4n) is 2.62. The van der Waals surface area contributed by atoms with E-state index in [2.05, 4.69) is 11.4 Å². The average molecular weight is 257 g/mol. The van der Waals surface area contributed by atoms with Crippen molar-refractivity contribution in [2.75, 3.05) is 5.32 Å². The average Bonchev–Trinajstić information content (AvgIpc) is 2.39. The van der Waals surface area contributed by atoms with E-state index in [0.29, 0.717) is 17.7 Å². The molecule has 0 radical (unpaired) electrons. The Morgan fingerprint density at radius 1 is 1.37 bits per heavy atom. The van der Waals surface area contributed by atoms with Crippen molar-refractivity contribution in [2.24, 2.45) is 5.73 Å². The molecule has 0 unspecified atom stereocenters. The quantitative estimate of drug-likeness (QED) is 0.873. The van der Waals surface area contributed by atoms with E-state index in [1.165, 1.54) is 6.42 Å². The molecule has 3 N–H and O–H groups in total. The van der Waals surface area contributed by atoms with Crippen LogP contribution in [-0.2, 0) is 4.79 Å². The Balaban J connectivity index is 1.95. The molecule has 100 valence electrons. The van der Waals surface area contributed by atoms with Crippen LogP contribution in [0.3, 0.4) is 0 Å². The normalized spacial score (nSPS) is 17.5. The SMILES string of the molecule is N#Cc1cccc(NC(=O)CC2(N)CCCCC2)c1. The Bertz CT molecular complexity index is 498. The van der Waals surface area contributed by atoms with Gasteiger partial charge < -0.3 is 11.1 Å². The van der Waals surface area contributed by atoms with E-state index in [1.54, 1.807) is 24.3 Å². The van der Waals surface area contributed by atoms with Gasteiger partial charge in [-0.2, -0.15) is 5.26 Å².